The Labute approximate surface area is 102 Å². The Hall–Kier alpha value is 0.0500. The SMILES string of the molecule is C=CC[C@H](O)C[C@@H](OP)[C@@H](C)OCCCC. The van der Waals surface area contributed by atoms with Crippen LogP contribution in [0.15, 0.2) is 12.7 Å². The van der Waals surface area contributed by atoms with E-state index in [9.17, 15) is 5.11 Å². The molecule has 0 aliphatic heterocycles. The highest BCUT2D eigenvalue weighted by Gasteiger charge is 2.20. The molecule has 0 spiro atoms. The summed E-state index contributed by atoms with van der Waals surface area (Å²) in [5.74, 6) is 0. The van der Waals surface area contributed by atoms with Crippen LogP contribution in [-0.2, 0) is 9.26 Å². The van der Waals surface area contributed by atoms with E-state index < -0.39 is 6.10 Å². The van der Waals surface area contributed by atoms with Crippen LogP contribution in [0.3, 0.4) is 0 Å². The summed E-state index contributed by atoms with van der Waals surface area (Å²) >= 11 is 0. The van der Waals surface area contributed by atoms with Gasteiger partial charge in [-0.05, 0) is 19.8 Å². The minimum absolute atomic E-state index is 0.00325. The van der Waals surface area contributed by atoms with Gasteiger partial charge >= 0.3 is 0 Å². The first kappa shape index (κ1) is 16.1. The van der Waals surface area contributed by atoms with E-state index >= 15 is 0 Å². The molecule has 0 bridgehead atoms. The second-order valence-electron chi connectivity index (χ2n) is 4.02. The first-order chi connectivity index (χ1) is 7.65. The van der Waals surface area contributed by atoms with Gasteiger partial charge in [0.2, 0.25) is 0 Å². The van der Waals surface area contributed by atoms with Crippen molar-refractivity contribution in [2.45, 2.75) is 57.8 Å². The number of hydrogen-bond donors (Lipinski definition) is 1. The number of unbranched alkanes of at least 4 members (excludes halogenated alkanes) is 1. The van der Waals surface area contributed by atoms with Crippen molar-refractivity contribution in [3.63, 3.8) is 0 Å². The smallest absolute Gasteiger partial charge is 0.0894 e. The highest BCUT2D eigenvalue weighted by Crippen LogP contribution is 2.15. The summed E-state index contributed by atoms with van der Waals surface area (Å²) in [6.45, 7) is 8.46. The molecule has 0 rings (SSSR count). The van der Waals surface area contributed by atoms with Gasteiger partial charge in [-0.1, -0.05) is 19.4 Å². The van der Waals surface area contributed by atoms with Gasteiger partial charge in [0, 0.05) is 22.5 Å². The molecule has 4 heteroatoms. The van der Waals surface area contributed by atoms with Crippen molar-refractivity contribution in [3.05, 3.63) is 12.7 Å². The van der Waals surface area contributed by atoms with Gasteiger partial charge in [0.1, 0.15) is 0 Å². The summed E-state index contributed by atoms with van der Waals surface area (Å²) in [7, 11) is 2.25. The molecule has 0 aromatic rings. The van der Waals surface area contributed by atoms with Crippen LogP contribution in [0.4, 0.5) is 0 Å². The van der Waals surface area contributed by atoms with Crippen LogP contribution in [0, 0.1) is 0 Å². The van der Waals surface area contributed by atoms with E-state index in [1.54, 1.807) is 6.08 Å². The zero-order valence-electron chi connectivity index (χ0n) is 10.4. The summed E-state index contributed by atoms with van der Waals surface area (Å²) in [5, 5.41) is 9.66. The Morgan fingerprint density at radius 1 is 1.50 bits per heavy atom. The highest BCUT2D eigenvalue weighted by molar-refractivity contribution is 7.09. The van der Waals surface area contributed by atoms with E-state index in [2.05, 4.69) is 23.0 Å². The third-order valence-corrected chi connectivity index (χ3v) is 2.87. The lowest BCUT2D eigenvalue weighted by Crippen LogP contribution is -2.30. The summed E-state index contributed by atoms with van der Waals surface area (Å²) in [6, 6.07) is 0. The first-order valence-electron chi connectivity index (χ1n) is 5.91. The third kappa shape index (κ3) is 7.34. The van der Waals surface area contributed by atoms with E-state index in [0.29, 0.717) is 12.8 Å². The molecule has 0 aliphatic rings. The Kier molecular flexibility index (Phi) is 10.3. The van der Waals surface area contributed by atoms with Crippen LogP contribution < -0.4 is 0 Å². The number of rotatable bonds is 10. The zero-order chi connectivity index (χ0) is 12.4. The maximum absolute atomic E-state index is 9.66. The van der Waals surface area contributed by atoms with Gasteiger partial charge in [-0.25, -0.2) is 0 Å². The molecule has 0 aromatic carbocycles. The Morgan fingerprint density at radius 2 is 2.19 bits per heavy atom. The van der Waals surface area contributed by atoms with E-state index in [0.717, 1.165) is 19.4 Å². The van der Waals surface area contributed by atoms with Gasteiger partial charge in [0.05, 0.1) is 18.3 Å². The normalized spacial score (nSPS) is 16.8. The molecule has 0 fully saturated rings. The number of aliphatic hydroxyl groups is 1. The monoisotopic (exact) mass is 248 g/mol. The lowest BCUT2D eigenvalue weighted by molar-refractivity contribution is -0.0277. The predicted molar refractivity (Wildman–Crippen MR) is 70.3 cm³/mol. The van der Waals surface area contributed by atoms with Crippen molar-refractivity contribution in [2.24, 2.45) is 0 Å². The molecule has 96 valence electrons. The van der Waals surface area contributed by atoms with Gasteiger partial charge in [0.15, 0.2) is 0 Å². The van der Waals surface area contributed by atoms with Crippen LogP contribution in [0.1, 0.15) is 39.5 Å². The summed E-state index contributed by atoms with van der Waals surface area (Å²) < 4.78 is 10.9. The van der Waals surface area contributed by atoms with Gasteiger partial charge < -0.3 is 14.4 Å². The average Bonchev–Trinajstić information content (AvgIpc) is 2.26. The van der Waals surface area contributed by atoms with Gasteiger partial charge in [-0.3, -0.25) is 0 Å². The third-order valence-electron chi connectivity index (χ3n) is 2.52. The van der Waals surface area contributed by atoms with Gasteiger partial charge in [0.25, 0.3) is 0 Å². The quantitative estimate of drug-likeness (QED) is 0.367. The molecular weight excluding hydrogens is 223 g/mol. The maximum Gasteiger partial charge on any atom is 0.0894 e. The first-order valence-corrected chi connectivity index (χ1v) is 6.38. The lowest BCUT2D eigenvalue weighted by atomic mass is 10.1. The van der Waals surface area contributed by atoms with E-state index in [4.69, 9.17) is 9.26 Å². The number of hydrogen-bond acceptors (Lipinski definition) is 3. The standard InChI is InChI=1S/C12H25O3P/c1-4-6-8-14-10(3)12(15-16)9-11(13)7-5-2/h5,10-13H,2,4,6-9,16H2,1,3H3/t10-,11+,12-/m1/s1. The predicted octanol–water partition coefficient (Wildman–Crippen LogP) is 2.69. The van der Waals surface area contributed by atoms with Crippen molar-refractivity contribution in [3.8, 4) is 0 Å². The molecule has 0 amide bonds. The molecule has 1 unspecified atom stereocenters. The largest absolute Gasteiger partial charge is 0.393 e. The minimum Gasteiger partial charge on any atom is -0.393 e. The molecule has 16 heavy (non-hydrogen) atoms. The van der Waals surface area contributed by atoms with Crippen LogP contribution in [0.2, 0.25) is 0 Å². The fourth-order valence-corrected chi connectivity index (χ4v) is 1.77. The molecule has 0 aromatic heterocycles. The summed E-state index contributed by atoms with van der Waals surface area (Å²) in [4.78, 5) is 0. The molecule has 3 nitrogen and oxygen atoms in total. The van der Waals surface area contributed by atoms with Gasteiger partial charge in [-0.15, -0.1) is 6.58 Å². The Bertz CT molecular complexity index is 176. The second-order valence-corrected chi connectivity index (χ2v) is 4.29. The molecule has 0 saturated heterocycles. The number of aliphatic hydroxyl groups excluding tert-OH is 1. The van der Waals surface area contributed by atoms with Crippen LogP contribution >= 0.6 is 9.47 Å². The fourth-order valence-electron chi connectivity index (χ4n) is 1.44. The van der Waals surface area contributed by atoms with Crippen molar-refractivity contribution in [1.82, 2.24) is 0 Å². The molecular formula is C12H25O3P. The van der Waals surface area contributed by atoms with Crippen LogP contribution in [0.25, 0.3) is 0 Å². The summed E-state index contributed by atoms with van der Waals surface area (Å²) in [6.07, 6.45) is 4.57. The van der Waals surface area contributed by atoms with Crippen LogP contribution in [-0.4, -0.2) is 30.0 Å². The lowest BCUT2D eigenvalue weighted by Gasteiger charge is -2.24. The topological polar surface area (TPSA) is 38.7 Å². The molecule has 4 atom stereocenters. The van der Waals surface area contributed by atoms with Crippen molar-refractivity contribution >= 4 is 9.47 Å². The zero-order valence-corrected chi connectivity index (χ0v) is 11.5. The maximum atomic E-state index is 9.66. The molecule has 1 N–H and O–H groups in total. The van der Waals surface area contributed by atoms with Crippen LogP contribution in [0.5, 0.6) is 0 Å². The Balaban J connectivity index is 3.90. The fraction of sp³-hybridized carbons (Fsp3) is 0.833. The molecule has 0 saturated carbocycles. The van der Waals surface area contributed by atoms with E-state index in [1.807, 2.05) is 6.92 Å². The van der Waals surface area contributed by atoms with Gasteiger partial charge in [-0.2, -0.15) is 0 Å². The molecule has 0 heterocycles. The second kappa shape index (κ2) is 10.2. The van der Waals surface area contributed by atoms with Crippen molar-refractivity contribution in [2.75, 3.05) is 6.61 Å². The number of ether oxygens (including phenoxy) is 1. The molecule has 0 radical (unpaired) electrons. The van der Waals surface area contributed by atoms with Crippen molar-refractivity contribution < 1.29 is 14.4 Å². The highest BCUT2D eigenvalue weighted by atomic mass is 31.0. The summed E-state index contributed by atoms with van der Waals surface area (Å²) in [5.41, 5.74) is 0. The van der Waals surface area contributed by atoms with E-state index in [1.165, 1.54) is 0 Å². The average molecular weight is 248 g/mol. The molecule has 0 aliphatic carbocycles. The minimum atomic E-state index is -0.403. The Morgan fingerprint density at radius 3 is 2.69 bits per heavy atom. The van der Waals surface area contributed by atoms with E-state index in [-0.39, 0.29) is 12.2 Å². The van der Waals surface area contributed by atoms with Crippen molar-refractivity contribution in [1.29, 1.82) is 0 Å².